The Morgan fingerprint density at radius 2 is 2.00 bits per heavy atom. The molecule has 0 aliphatic heterocycles. The van der Waals surface area contributed by atoms with E-state index in [1.165, 1.54) is 41.3 Å². The van der Waals surface area contributed by atoms with Crippen LogP contribution in [0.4, 0.5) is 9.52 Å². The van der Waals surface area contributed by atoms with E-state index in [9.17, 15) is 14.0 Å². The van der Waals surface area contributed by atoms with Crippen LogP contribution in [0.3, 0.4) is 0 Å². The minimum atomic E-state index is -0.592. The second kappa shape index (κ2) is 9.76. The van der Waals surface area contributed by atoms with Gasteiger partial charge in [-0.1, -0.05) is 42.2 Å². The van der Waals surface area contributed by atoms with Crippen LogP contribution in [0, 0.1) is 5.82 Å². The summed E-state index contributed by atoms with van der Waals surface area (Å²) >= 11 is 2.56. The first kappa shape index (κ1) is 21.8. The first-order valence-corrected chi connectivity index (χ1v) is 10.8. The molecule has 0 saturated carbocycles. The SMILES string of the molecule is CCc1nnc(NC(=O)C(C)Sc2nnc(CNC(=O)c3ccccc3F)n2C)s1. The van der Waals surface area contributed by atoms with E-state index in [1.54, 1.807) is 24.6 Å². The molecule has 2 heterocycles. The molecular weight excluding hydrogens is 429 g/mol. The molecule has 2 aromatic heterocycles. The number of anilines is 1. The van der Waals surface area contributed by atoms with Crippen molar-refractivity contribution >= 4 is 40.0 Å². The van der Waals surface area contributed by atoms with Crippen molar-refractivity contribution in [2.45, 2.75) is 37.2 Å². The lowest BCUT2D eigenvalue weighted by atomic mass is 10.2. The van der Waals surface area contributed by atoms with Crippen LogP contribution in [-0.4, -0.2) is 42.0 Å². The molecule has 3 aromatic rings. The van der Waals surface area contributed by atoms with Crippen LogP contribution >= 0.6 is 23.1 Å². The van der Waals surface area contributed by atoms with Crippen LogP contribution < -0.4 is 10.6 Å². The highest BCUT2D eigenvalue weighted by molar-refractivity contribution is 8.00. The number of aromatic nitrogens is 5. The van der Waals surface area contributed by atoms with Gasteiger partial charge in [0.1, 0.15) is 10.8 Å². The Balaban J connectivity index is 1.57. The zero-order chi connectivity index (χ0) is 21.7. The van der Waals surface area contributed by atoms with Crippen molar-refractivity contribution in [3.8, 4) is 0 Å². The number of halogens is 1. The zero-order valence-corrected chi connectivity index (χ0v) is 18.2. The average Bonchev–Trinajstić information content (AvgIpc) is 3.33. The van der Waals surface area contributed by atoms with E-state index in [-0.39, 0.29) is 18.0 Å². The van der Waals surface area contributed by atoms with Crippen molar-refractivity contribution in [3.05, 3.63) is 46.5 Å². The van der Waals surface area contributed by atoms with E-state index < -0.39 is 17.0 Å². The molecule has 2 N–H and O–H groups in total. The Hall–Kier alpha value is -2.86. The fourth-order valence-electron chi connectivity index (χ4n) is 2.37. The van der Waals surface area contributed by atoms with Gasteiger partial charge >= 0.3 is 0 Å². The summed E-state index contributed by atoms with van der Waals surface area (Å²) in [6, 6.07) is 5.74. The molecule has 3 rings (SSSR count). The van der Waals surface area contributed by atoms with Crippen molar-refractivity contribution in [1.29, 1.82) is 0 Å². The number of thioether (sulfide) groups is 1. The molecule has 12 heteroatoms. The minimum absolute atomic E-state index is 0.0394. The van der Waals surface area contributed by atoms with Gasteiger partial charge < -0.3 is 9.88 Å². The van der Waals surface area contributed by atoms with E-state index in [0.29, 0.717) is 16.1 Å². The third-order valence-electron chi connectivity index (χ3n) is 4.10. The molecule has 0 spiro atoms. The van der Waals surface area contributed by atoms with Crippen molar-refractivity contribution < 1.29 is 14.0 Å². The van der Waals surface area contributed by atoms with Gasteiger partial charge in [-0.15, -0.1) is 20.4 Å². The van der Waals surface area contributed by atoms with Crippen molar-refractivity contribution in [1.82, 2.24) is 30.3 Å². The van der Waals surface area contributed by atoms with Gasteiger partial charge in [-0.25, -0.2) is 4.39 Å². The fraction of sp³-hybridized carbons (Fsp3) is 0.333. The van der Waals surface area contributed by atoms with E-state index >= 15 is 0 Å². The predicted octanol–water partition coefficient (Wildman–Crippen LogP) is 2.42. The Labute approximate surface area is 180 Å². The summed E-state index contributed by atoms with van der Waals surface area (Å²) in [5, 5.41) is 22.8. The number of hydrogen-bond donors (Lipinski definition) is 2. The third kappa shape index (κ3) is 5.19. The molecule has 1 unspecified atom stereocenters. The molecule has 0 radical (unpaired) electrons. The lowest BCUT2D eigenvalue weighted by Gasteiger charge is -2.10. The van der Waals surface area contributed by atoms with Crippen molar-refractivity contribution in [2.75, 3.05) is 5.32 Å². The summed E-state index contributed by atoms with van der Waals surface area (Å²) in [6.07, 6.45) is 0.757. The minimum Gasteiger partial charge on any atom is -0.345 e. The highest BCUT2D eigenvalue weighted by atomic mass is 32.2. The monoisotopic (exact) mass is 449 g/mol. The first-order chi connectivity index (χ1) is 14.4. The summed E-state index contributed by atoms with van der Waals surface area (Å²) in [6.45, 7) is 3.79. The Bertz CT molecular complexity index is 1050. The number of nitrogens with zero attached hydrogens (tertiary/aromatic N) is 5. The van der Waals surface area contributed by atoms with Crippen molar-refractivity contribution in [2.24, 2.45) is 7.05 Å². The lowest BCUT2D eigenvalue weighted by Crippen LogP contribution is -2.25. The van der Waals surface area contributed by atoms with Gasteiger partial charge in [0.25, 0.3) is 5.91 Å². The maximum absolute atomic E-state index is 13.7. The highest BCUT2D eigenvalue weighted by Gasteiger charge is 2.20. The molecule has 0 bridgehead atoms. The summed E-state index contributed by atoms with van der Waals surface area (Å²) in [5.41, 5.74) is -0.0394. The first-order valence-electron chi connectivity index (χ1n) is 9.10. The third-order valence-corrected chi connectivity index (χ3v) is 6.22. The Kier molecular flexibility index (Phi) is 7.11. The zero-order valence-electron chi connectivity index (χ0n) is 16.5. The average molecular weight is 450 g/mol. The molecule has 30 heavy (non-hydrogen) atoms. The molecule has 1 aromatic carbocycles. The summed E-state index contributed by atoms with van der Waals surface area (Å²) in [7, 11) is 1.73. The predicted molar refractivity (Wildman–Crippen MR) is 112 cm³/mol. The molecule has 158 valence electrons. The number of amides is 2. The maximum Gasteiger partial charge on any atom is 0.254 e. The van der Waals surface area contributed by atoms with Crippen molar-refractivity contribution in [3.63, 3.8) is 0 Å². The maximum atomic E-state index is 13.7. The smallest absolute Gasteiger partial charge is 0.254 e. The van der Waals surface area contributed by atoms with E-state index in [2.05, 4.69) is 31.0 Å². The van der Waals surface area contributed by atoms with Gasteiger partial charge in [-0.3, -0.25) is 14.9 Å². The van der Waals surface area contributed by atoms with E-state index in [1.807, 2.05) is 6.92 Å². The number of carbonyl (C=O) groups excluding carboxylic acids is 2. The fourth-order valence-corrected chi connectivity index (χ4v) is 3.88. The van der Waals surface area contributed by atoms with Crippen LogP contribution in [0.1, 0.15) is 35.0 Å². The Morgan fingerprint density at radius 3 is 2.70 bits per heavy atom. The van der Waals surface area contributed by atoms with E-state index in [4.69, 9.17) is 0 Å². The van der Waals surface area contributed by atoms with Gasteiger partial charge in [0, 0.05) is 7.05 Å². The van der Waals surface area contributed by atoms with Crippen LogP contribution in [0.15, 0.2) is 29.4 Å². The standard InChI is InChI=1S/C18H20FN7O2S2/c1-4-14-23-24-17(30-14)21-15(27)10(2)29-18-25-22-13(26(18)3)9-20-16(28)11-7-5-6-8-12(11)19/h5-8,10H,4,9H2,1-3H3,(H,20,28)(H,21,24,27). The topological polar surface area (TPSA) is 115 Å². The summed E-state index contributed by atoms with van der Waals surface area (Å²) < 4.78 is 15.4. The molecule has 0 fully saturated rings. The van der Waals surface area contributed by atoms with Crippen LogP contribution in [-0.2, 0) is 24.8 Å². The molecule has 1 atom stereocenters. The van der Waals surface area contributed by atoms with Crippen LogP contribution in [0.2, 0.25) is 0 Å². The number of aryl methyl sites for hydroxylation is 1. The molecular formula is C18H20FN7O2S2. The lowest BCUT2D eigenvalue weighted by molar-refractivity contribution is -0.115. The number of rotatable bonds is 8. The normalized spacial score (nSPS) is 11.9. The second-order valence-corrected chi connectivity index (χ2v) is 8.59. The van der Waals surface area contributed by atoms with Gasteiger partial charge in [-0.05, 0) is 25.5 Å². The molecule has 0 saturated heterocycles. The summed E-state index contributed by atoms with van der Waals surface area (Å²) in [5.74, 6) is -0.880. The van der Waals surface area contributed by atoms with Crippen LogP contribution in [0.25, 0.3) is 0 Å². The van der Waals surface area contributed by atoms with Gasteiger partial charge in [0.05, 0.1) is 17.4 Å². The summed E-state index contributed by atoms with van der Waals surface area (Å²) in [4.78, 5) is 24.5. The quantitative estimate of drug-likeness (QED) is 0.508. The van der Waals surface area contributed by atoms with Crippen LogP contribution in [0.5, 0.6) is 0 Å². The molecule has 9 nitrogen and oxygen atoms in total. The number of benzene rings is 1. The highest BCUT2D eigenvalue weighted by Crippen LogP contribution is 2.23. The van der Waals surface area contributed by atoms with Gasteiger partial charge in [-0.2, -0.15) is 0 Å². The Morgan fingerprint density at radius 1 is 1.23 bits per heavy atom. The van der Waals surface area contributed by atoms with Gasteiger partial charge in [0.15, 0.2) is 11.0 Å². The largest absolute Gasteiger partial charge is 0.345 e. The number of nitrogens with one attached hydrogen (secondary N) is 2. The van der Waals surface area contributed by atoms with Gasteiger partial charge in [0.2, 0.25) is 11.0 Å². The molecule has 0 aliphatic carbocycles. The number of carbonyl (C=O) groups is 2. The second-order valence-electron chi connectivity index (χ2n) is 6.22. The molecule has 0 aliphatic rings. The van der Waals surface area contributed by atoms with E-state index in [0.717, 1.165) is 11.4 Å². The molecule has 2 amide bonds. The number of hydrogen-bond acceptors (Lipinski definition) is 8.